The molecular weight excluding hydrogens is 278 g/mol. The highest BCUT2D eigenvalue weighted by atomic mass is 16.5. The maximum absolute atomic E-state index is 12.6. The van der Waals surface area contributed by atoms with Crippen molar-refractivity contribution in [2.24, 2.45) is 5.92 Å². The van der Waals surface area contributed by atoms with Gasteiger partial charge < -0.3 is 14.4 Å². The Morgan fingerprint density at radius 3 is 3.05 bits per heavy atom. The zero-order valence-electron chi connectivity index (χ0n) is 13.3. The first-order valence-electron chi connectivity index (χ1n) is 8.36. The summed E-state index contributed by atoms with van der Waals surface area (Å²) in [5.41, 5.74) is 0.721. The topological polar surface area (TPSA) is 38.8 Å². The van der Waals surface area contributed by atoms with Crippen LogP contribution in [0.25, 0.3) is 0 Å². The van der Waals surface area contributed by atoms with E-state index in [4.69, 9.17) is 9.47 Å². The first-order chi connectivity index (χ1) is 10.7. The number of piperidine rings is 1. The van der Waals surface area contributed by atoms with Crippen molar-refractivity contribution in [2.45, 2.75) is 38.7 Å². The highest BCUT2D eigenvalue weighted by Gasteiger charge is 2.22. The van der Waals surface area contributed by atoms with Gasteiger partial charge in [0.2, 0.25) is 0 Å². The van der Waals surface area contributed by atoms with Crippen LogP contribution in [0.1, 0.15) is 43.0 Å². The summed E-state index contributed by atoms with van der Waals surface area (Å²) in [7, 11) is 0. The minimum absolute atomic E-state index is 0.120. The van der Waals surface area contributed by atoms with Crippen LogP contribution in [-0.4, -0.2) is 43.2 Å². The Balaban J connectivity index is 1.61. The van der Waals surface area contributed by atoms with Crippen LogP contribution in [0.4, 0.5) is 0 Å². The number of likely N-dealkylation sites (tertiary alicyclic amines) is 1. The van der Waals surface area contributed by atoms with E-state index >= 15 is 0 Å². The molecule has 2 heterocycles. The average Bonchev–Trinajstić information content (AvgIpc) is 3.06. The summed E-state index contributed by atoms with van der Waals surface area (Å²) < 4.78 is 11.4. The molecule has 120 valence electrons. The smallest absolute Gasteiger partial charge is 0.253 e. The molecule has 2 fully saturated rings. The van der Waals surface area contributed by atoms with Gasteiger partial charge in [0, 0.05) is 25.3 Å². The van der Waals surface area contributed by atoms with Gasteiger partial charge in [0.15, 0.2) is 0 Å². The normalized spacial score (nSPS) is 25.2. The summed E-state index contributed by atoms with van der Waals surface area (Å²) in [4.78, 5) is 14.6. The highest BCUT2D eigenvalue weighted by molar-refractivity contribution is 5.94. The van der Waals surface area contributed by atoms with E-state index in [2.05, 4.69) is 6.92 Å². The molecule has 0 bridgehead atoms. The summed E-state index contributed by atoms with van der Waals surface area (Å²) in [5, 5.41) is 0. The molecule has 1 amide bonds. The molecule has 4 nitrogen and oxygen atoms in total. The van der Waals surface area contributed by atoms with Crippen LogP contribution in [0.5, 0.6) is 5.75 Å². The Labute approximate surface area is 132 Å². The van der Waals surface area contributed by atoms with Crippen LogP contribution in [-0.2, 0) is 4.74 Å². The molecule has 2 atom stereocenters. The molecule has 0 radical (unpaired) electrons. The van der Waals surface area contributed by atoms with E-state index in [1.54, 1.807) is 0 Å². The molecule has 1 aromatic rings. The largest absolute Gasteiger partial charge is 0.491 e. The maximum Gasteiger partial charge on any atom is 0.253 e. The van der Waals surface area contributed by atoms with Crippen molar-refractivity contribution in [3.63, 3.8) is 0 Å². The molecule has 1 aromatic carbocycles. The molecule has 2 aliphatic heterocycles. The third kappa shape index (κ3) is 3.80. The third-order valence-electron chi connectivity index (χ3n) is 4.49. The monoisotopic (exact) mass is 303 g/mol. The fraction of sp³-hybridized carbons (Fsp3) is 0.611. The minimum atomic E-state index is 0.120. The molecule has 2 saturated heterocycles. The van der Waals surface area contributed by atoms with Crippen LogP contribution in [0.15, 0.2) is 24.3 Å². The van der Waals surface area contributed by atoms with Crippen molar-refractivity contribution in [1.82, 2.24) is 4.90 Å². The lowest BCUT2D eigenvalue weighted by atomic mass is 9.99. The number of benzene rings is 1. The lowest BCUT2D eigenvalue weighted by molar-refractivity contribution is 0.0667. The van der Waals surface area contributed by atoms with Gasteiger partial charge in [-0.05, 0) is 49.8 Å². The second-order valence-corrected chi connectivity index (χ2v) is 6.47. The second kappa shape index (κ2) is 7.14. The maximum atomic E-state index is 12.6. The van der Waals surface area contributed by atoms with Crippen LogP contribution in [0, 0.1) is 5.92 Å². The van der Waals surface area contributed by atoms with Gasteiger partial charge in [0.1, 0.15) is 12.4 Å². The van der Waals surface area contributed by atoms with Crippen LogP contribution >= 0.6 is 0 Å². The Morgan fingerprint density at radius 1 is 1.36 bits per heavy atom. The lowest BCUT2D eigenvalue weighted by Crippen LogP contribution is -2.39. The molecule has 0 saturated carbocycles. The number of rotatable bonds is 4. The van der Waals surface area contributed by atoms with Crippen LogP contribution in [0.3, 0.4) is 0 Å². The van der Waals surface area contributed by atoms with Crippen molar-refractivity contribution in [1.29, 1.82) is 0 Å². The zero-order valence-corrected chi connectivity index (χ0v) is 13.3. The Bertz CT molecular complexity index is 511. The number of hydrogen-bond acceptors (Lipinski definition) is 3. The van der Waals surface area contributed by atoms with Gasteiger partial charge in [-0.1, -0.05) is 13.0 Å². The summed E-state index contributed by atoms with van der Waals surface area (Å²) >= 11 is 0. The number of amides is 1. The summed E-state index contributed by atoms with van der Waals surface area (Å²) in [6.07, 6.45) is 4.68. The predicted octanol–water partition coefficient (Wildman–Crippen LogP) is 3.12. The molecule has 3 rings (SSSR count). The van der Waals surface area contributed by atoms with Crippen molar-refractivity contribution in [3.05, 3.63) is 29.8 Å². The summed E-state index contributed by atoms with van der Waals surface area (Å²) in [5.74, 6) is 1.47. The van der Waals surface area contributed by atoms with Crippen LogP contribution in [0.2, 0.25) is 0 Å². The number of ether oxygens (including phenoxy) is 2. The molecule has 0 aromatic heterocycles. The first-order valence-corrected chi connectivity index (χ1v) is 8.36. The minimum Gasteiger partial charge on any atom is -0.491 e. The molecule has 22 heavy (non-hydrogen) atoms. The molecule has 0 aliphatic carbocycles. The standard InChI is InChI=1S/C18H25NO3/c1-14-5-3-9-19(12-14)18(20)15-6-2-7-16(11-15)22-13-17-8-4-10-21-17/h2,6-7,11,14,17H,3-5,8-10,12-13H2,1H3. The molecule has 4 heteroatoms. The van der Waals surface area contributed by atoms with Crippen LogP contribution < -0.4 is 4.74 Å². The zero-order chi connectivity index (χ0) is 15.4. The van der Waals surface area contributed by atoms with Gasteiger partial charge >= 0.3 is 0 Å². The van der Waals surface area contributed by atoms with E-state index in [0.717, 1.165) is 50.3 Å². The van der Waals surface area contributed by atoms with Gasteiger partial charge in [-0.25, -0.2) is 0 Å². The van der Waals surface area contributed by atoms with E-state index in [1.165, 1.54) is 6.42 Å². The van der Waals surface area contributed by atoms with E-state index in [1.807, 2.05) is 29.2 Å². The SMILES string of the molecule is CC1CCCN(C(=O)c2cccc(OCC3CCCO3)c2)C1. The molecule has 2 aliphatic rings. The predicted molar refractivity (Wildman–Crippen MR) is 85.2 cm³/mol. The Kier molecular flexibility index (Phi) is 4.98. The van der Waals surface area contributed by atoms with Crippen molar-refractivity contribution in [2.75, 3.05) is 26.3 Å². The third-order valence-corrected chi connectivity index (χ3v) is 4.49. The van der Waals surface area contributed by atoms with E-state index in [9.17, 15) is 4.79 Å². The van der Waals surface area contributed by atoms with Crippen molar-refractivity contribution >= 4 is 5.91 Å². The molecule has 2 unspecified atom stereocenters. The first kappa shape index (κ1) is 15.3. The second-order valence-electron chi connectivity index (χ2n) is 6.47. The van der Waals surface area contributed by atoms with Gasteiger partial charge in [0.05, 0.1) is 6.10 Å². The van der Waals surface area contributed by atoms with Gasteiger partial charge in [0.25, 0.3) is 5.91 Å². The molecule has 0 spiro atoms. The quantitative estimate of drug-likeness (QED) is 0.858. The highest BCUT2D eigenvalue weighted by Crippen LogP contribution is 2.21. The number of carbonyl (C=O) groups is 1. The Morgan fingerprint density at radius 2 is 2.27 bits per heavy atom. The number of hydrogen-bond donors (Lipinski definition) is 0. The van der Waals surface area contributed by atoms with E-state index in [0.29, 0.717) is 12.5 Å². The number of nitrogens with zero attached hydrogens (tertiary/aromatic N) is 1. The van der Waals surface area contributed by atoms with Crippen molar-refractivity contribution < 1.29 is 14.3 Å². The van der Waals surface area contributed by atoms with Gasteiger partial charge in [-0.2, -0.15) is 0 Å². The van der Waals surface area contributed by atoms with E-state index < -0.39 is 0 Å². The summed E-state index contributed by atoms with van der Waals surface area (Å²) in [6, 6.07) is 7.53. The summed E-state index contributed by atoms with van der Waals surface area (Å²) in [6.45, 7) is 5.34. The average molecular weight is 303 g/mol. The number of carbonyl (C=O) groups excluding carboxylic acids is 1. The van der Waals surface area contributed by atoms with Gasteiger partial charge in [-0.15, -0.1) is 0 Å². The fourth-order valence-corrected chi connectivity index (χ4v) is 3.24. The molecule has 0 N–H and O–H groups in total. The lowest BCUT2D eigenvalue weighted by Gasteiger charge is -2.31. The fourth-order valence-electron chi connectivity index (χ4n) is 3.24. The Hall–Kier alpha value is -1.55. The van der Waals surface area contributed by atoms with E-state index in [-0.39, 0.29) is 12.0 Å². The van der Waals surface area contributed by atoms with Crippen molar-refractivity contribution in [3.8, 4) is 5.75 Å². The molecular formula is C18H25NO3. The van der Waals surface area contributed by atoms with Gasteiger partial charge in [-0.3, -0.25) is 4.79 Å².